The summed E-state index contributed by atoms with van der Waals surface area (Å²) < 4.78 is 6.93. The molecular formula is C18H16N6O2. The first-order valence-corrected chi connectivity index (χ1v) is 8.10. The van der Waals surface area contributed by atoms with Crippen LogP contribution in [0, 0.1) is 13.8 Å². The second kappa shape index (κ2) is 6.40. The number of aromatic nitrogens is 5. The molecule has 0 spiro atoms. The van der Waals surface area contributed by atoms with Gasteiger partial charge >= 0.3 is 0 Å². The lowest BCUT2D eigenvalue weighted by atomic mass is 10.2. The zero-order valence-electron chi connectivity index (χ0n) is 14.3. The van der Waals surface area contributed by atoms with Crippen molar-refractivity contribution in [3.8, 4) is 11.5 Å². The van der Waals surface area contributed by atoms with E-state index in [0.29, 0.717) is 23.2 Å². The summed E-state index contributed by atoms with van der Waals surface area (Å²) in [7, 11) is 0. The van der Waals surface area contributed by atoms with E-state index in [1.165, 1.54) is 0 Å². The minimum Gasteiger partial charge on any atom is -0.334 e. The van der Waals surface area contributed by atoms with Gasteiger partial charge in [-0.3, -0.25) is 9.20 Å². The molecule has 0 unspecified atom stereocenters. The normalized spacial score (nSPS) is 11.0. The Morgan fingerprint density at radius 2 is 2.04 bits per heavy atom. The van der Waals surface area contributed by atoms with Crippen molar-refractivity contribution in [2.45, 2.75) is 20.3 Å². The zero-order chi connectivity index (χ0) is 18.1. The lowest BCUT2D eigenvalue weighted by Crippen LogP contribution is -2.16. The minimum absolute atomic E-state index is 0.120. The molecule has 0 saturated carbocycles. The van der Waals surface area contributed by atoms with Crippen LogP contribution in [0.4, 0.5) is 5.69 Å². The Kier molecular flexibility index (Phi) is 3.92. The number of aryl methyl sites for hydroxylation is 2. The van der Waals surface area contributed by atoms with Gasteiger partial charge in [-0.2, -0.15) is 4.98 Å². The lowest BCUT2D eigenvalue weighted by molar-refractivity contribution is -0.115. The van der Waals surface area contributed by atoms with E-state index in [1.807, 2.05) is 37.3 Å². The SMILES string of the molecule is Cc1noc(-c2ccn3c(CC(=O)Nc4ccccc4C)nnc3c2)n1. The molecule has 3 heterocycles. The van der Waals surface area contributed by atoms with Gasteiger partial charge in [-0.25, -0.2) is 0 Å². The fourth-order valence-electron chi connectivity index (χ4n) is 2.66. The maximum Gasteiger partial charge on any atom is 0.258 e. The third-order valence-electron chi connectivity index (χ3n) is 3.99. The topological polar surface area (TPSA) is 98.2 Å². The van der Waals surface area contributed by atoms with E-state index in [-0.39, 0.29) is 12.3 Å². The molecule has 0 radical (unpaired) electrons. The van der Waals surface area contributed by atoms with E-state index >= 15 is 0 Å². The van der Waals surface area contributed by atoms with E-state index in [4.69, 9.17) is 4.52 Å². The van der Waals surface area contributed by atoms with Crippen LogP contribution in [0.2, 0.25) is 0 Å². The van der Waals surface area contributed by atoms with E-state index in [1.54, 1.807) is 23.6 Å². The van der Waals surface area contributed by atoms with E-state index in [2.05, 4.69) is 25.7 Å². The van der Waals surface area contributed by atoms with Crippen LogP contribution in [0.3, 0.4) is 0 Å². The Morgan fingerprint density at radius 3 is 2.81 bits per heavy atom. The molecule has 1 amide bonds. The van der Waals surface area contributed by atoms with Crippen molar-refractivity contribution in [2.24, 2.45) is 0 Å². The molecule has 8 heteroatoms. The number of carbonyl (C=O) groups is 1. The van der Waals surface area contributed by atoms with Crippen molar-refractivity contribution in [1.29, 1.82) is 0 Å². The average Bonchev–Trinajstić information content (AvgIpc) is 3.23. The van der Waals surface area contributed by atoms with Gasteiger partial charge in [0.05, 0.1) is 6.42 Å². The van der Waals surface area contributed by atoms with Gasteiger partial charge in [0.15, 0.2) is 11.5 Å². The van der Waals surface area contributed by atoms with Crippen LogP contribution < -0.4 is 5.32 Å². The maximum atomic E-state index is 12.3. The van der Waals surface area contributed by atoms with Gasteiger partial charge in [0.2, 0.25) is 5.91 Å². The first-order chi connectivity index (χ1) is 12.6. The number of rotatable bonds is 4. The fraction of sp³-hybridized carbons (Fsp3) is 0.167. The first kappa shape index (κ1) is 15.9. The van der Waals surface area contributed by atoms with Crippen LogP contribution in [0.1, 0.15) is 17.2 Å². The van der Waals surface area contributed by atoms with Gasteiger partial charge in [-0.05, 0) is 37.6 Å². The lowest BCUT2D eigenvalue weighted by Gasteiger charge is -2.07. The van der Waals surface area contributed by atoms with Gasteiger partial charge < -0.3 is 9.84 Å². The van der Waals surface area contributed by atoms with E-state index in [0.717, 1.165) is 16.8 Å². The van der Waals surface area contributed by atoms with E-state index < -0.39 is 0 Å². The Bertz CT molecular complexity index is 1100. The number of carbonyl (C=O) groups excluding carboxylic acids is 1. The summed E-state index contributed by atoms with van der Waals surface area (Å²) in [5.41, 5.74) is 3.16. The third-order valence-corrected chi connectivity index (χ3v) is 3.99. The van der Waals surface area contributed by atoms with Crippen molar-refractivity contribution >= 4 is 17.2 Å². The van der Waals surface area contributed by atoms with Gasteiger partial charge in [0, 0.05) is 17.4 Å². The highest BCUT2D eigenvalue weighted by Crippen LogP contribution is 2.19. The summed E-state index contributed by atoms with van der Waals surface area (Å²) in [6.45, 7) is 3.70. The number of hydrogen-bond donors (Lipinski definition) is 1. The van der Waals surface area contributed by atoms with Crippen LogP contribution in [0.5, 0.6) is 0 Å². The molecule has 0 aliphatic rings. The second-order valence-corrected chi connectivity index (χ2v) is 5.95. The van der Waals surface area contributed by atoms with Gasteiger partial charge in [0.1, 0.15) is 5.82 Å². The molecule has 4 rings (SSSR count). The molecule has 0 aliphatic carbocycles. The zero-order valence-corrected chi connectivity index (χ0v) is 14.3. The fourth-order valence-corrected chi connectivity index (χ4v) is 2.66. The Labute approximate surface area is 148 Å². The van der Waals surface area contributed by atoms with Crippen LogP contribution in [0.25, 0.3) is 17.1 Å². The summed E-state index contributed by atoms with van der Waals surface area (Å²) >= 11 is 0. The van der Waals surface area contributed by atoms with Gasteiger partial charge in [-0.15, -0.1) is 10.2 Å². The number of hydrogen-bond acceptors (Lipinski definition) is 6. The average molecular weight is 348 g/mol. The molecule has 130 valence electrons. The predicted molar refractivity (Wildman–Crippen MR) is 94.5 cm³/mol. The largest absolute Gasteiger partial charge is 0.334 e. The molecular weight excluding hydrogens is 332 g/mol. The number of amides is 1. The molecule has 1 N–H and O–H groups in total. The molecule has 1 aromatic carbocycles. The number of benzene rings is 1. The molecule has 26 heavy (non-hydrogen) atoms. The highest BCUT2D eigenvalue weighted by molar-refractivity contribution is 5.92. The number of anilines is 1. The highest BCUT2D eigenvalue weighted by Gasteiger charge is 2.14. The van der Waals surface area contributed by atoms with Crippen LogP contribution in [0.15, 0.2) is 47.1 Å². The molecule has 4 aromatic rings. The number of para-hydroxylation sites is 1. The Balaban J connectivity index is 1.56. The monoisotopic (exact) mass is 348 g/mol. The third kappa shape index (κ3) is 3.04. The quantitative estimate of drug-likeness (QED) is 0.609. The number of fused-ring (bicyclic) bond motifs is 1. The Hall–Kier alpha value is -3.55. The summed E-state index contributed by atoms with van der Waals surface area (Å²) in [5, 5.41) is 14.9. The van der Waals surface area contributed by atoms with Crippen molar-refractivity contribution in [1.82, 2.24) is 24.7 Å². The summed E-state index contributed by atoms with van der Waals surface area (Å²) in [4.78, 5) is 16.5. The first-order valence-electron chi connectivity index (χ1n) is 8.10. The highest BCUT2D eigenvalue weighted by atomic mass is 16.5. The predicted octanol–water partition coefficient (Wildman–Crippen LogP) is 2.58. The number of nitrogens with zero attached hydrogens (tertiary/aromatic N) is 5. The molecule has 0 saturated heterocycles. The summed E-state index contributed by atoms with van der Waals surface area (Å²) in [6, 6.07) is 11.3. The molecule has 0 bridgehead atoms. The standard InChI is InChI=1S/C18H16N6O2/c1-11-5-3-4-6-14(11)20-17(25)10-16-22-21-15-9-13(7-8-24(15)16)18-19-12(2)23-26-18/h3-9H,10H2,1-2H3,(H,20,25). The maximum absolute atomic E-state index is 12.3. The molecule has 8 nitrogen and oxygen atoms in total. The second-order valence-electron chi connectivity index (χ2n) is 5.95. The summed E-state index contributed by atoms with van der Waals surface area (Å²) in [6.07, 6.45) is 1.91. The van der Waals surface area contributed by atoms with Crippen LogP contribution >= 0.6 is 0 Å². The van der Waals surface area contributed by atoms with Crippen LogP contribution in [-0.2, 0) is 11.2 Å². The number of nitrogens with one attached hydrogen (secondary N) is 1. The smallest absolute Gasteiger partial charge is 0.258 e. The van der Waals surface area contributed by atoms with Gasteiger partial charge in [0.25, 0.3) is 5.89 Å². The minimum atomic E-state index is -0.148. The molecule has 0 aliphatic heterocycles. The van der Waals surface area contributed by atoms with Crippen molar-refractivity contribution in [3.63, 3.8) is 0 Å². The van der Waals surface area contributed by atoms with Gasteiger partial charge in [-0.1, -0.05) is 23.4 Å². The van der Waals surface area contributed by atoms with Crippen molar-refractivity contribution in [3.05, 3.63) is 59.8 Å². The summed E-state index contributed by atoms with van der Waals surface area (Å²) in [5.74, 6) is 1.39. The van der Waals surface area contributed by atoms with Crippen LogP contribution in [-0.4, -0.2) is 30.6 Å². The molecule has 0 fully saturated rings. The molecule has 0 atom stereocenters. The molecule has 3 aromatic heterocycles. The van der Waals surface area contributed by atoms with Crippen molar-refractivity contribution < 1.29 is 9.32 Å². The number of pyridine rings is 1. The van der Waals surface area contributed by atoms with E-state index in [9.17, 15) is 4.79 Å². The van der Waals surface area contributed by atoms with Crippen molar-refractivity contribution in [2.75, 3.05) is 5.32 Å². The Morgan fingerprint density at radius 1 is 1.19 bits per heavy atom.